The third-order valence-corrected chi connectivity index (χ3v) is 4.06. The van der Waals surface area contributed by atoms with Gasteiger partial charge in [-0.15, -0.1) is 0 Å². The lowest BCUT2D eigenvalue weighted by molar-refractivity contribution is -0.384. The predicted octanol–water partition coefficient (Wildman–Crippen LogP) is 3.18. The van der Waals surface area contributed by atoms with Crippen LogP contribution in [0, 0.1) is 10.1 Å². The Labute approximate surface area is 145 Å². The van der Waals surface area contributed by atoms with E-state index in [0.29, 0.717) is 24.3 Å². The Morgan fingerprint density at radius 2 is 1.92 bits per heavy atom. The normalized spacial score (nSPS) is 12.1. The van der Waals surface area contributed by atoms with Crippen LogP contribution in [0.3, 0.4) is 0 Å². The van der Waals surface area contributed by atoms with E-state index in [1.54, 1.807) is 12.1 Å². The second-order valence-electron chi connectivity index (χ2n) is 6.03. The van der Waals surface area contributed by atoms with Crippen LogP contribution in [0.5, 0.6) is 0 Å². The third-order valence-electron chi connectivity index (χ3n) is 4.06. The zero-order valence-corrected chi connectivity index (χ0v) is 13.9. The number of non-ortho nitro benzene ring substituents is 1. The van der Waals surface area contributed by atoms with Gasteiger partial charge in [-0.1, -0.05) is 30.3 Å². The van der Waals surface area contributed by atoms with Crippen LogP contribution in [-0.4, -0.2) is 34.7 Å². The van der Waals surface area contributed by atoms with Crippen LogP contribution >= 0.6 is 0 Å². The minimum absolute atomic E-state index is 0.0497. The van der Waals surface area contributed by atoms with Crippen molar-refractivity contribution in [2.75, 3.05) is 18.5 Å². The molecule has 0 aliphatic rings. The molecule has 0 bridgehead atoms. The topological polar surface area (TPSA) is 79.5 Å². The van der Waals surface area contributed by atoms with Gasteiger partial charge in [0.2, 0.25) is 0 Å². The van der Waals surface area contributed by atoms with Gasteiger partial charge in [-0.25, -0.2) is 4.98 Å². The predicted molar refractivity (Wildman–Crippen MR) is 97.8 cm³/mol. The Hall–Kier alpha value is -2.99. The molecule has 0 aliphatic heterocycles. The summed E-state index contributed by atoms with van der Waals surface area (Å²) >= 11 is 0. The first-order valence-corrected chi connectivity index (χ1v) is 8.01. The zero-order chi connectivity index (χ0) is 17.8. The van der Waals surface area contributed by atoms with Gasteiger partial charge in [-0.05, 0) is 23.8 Å². The molecule has 0 amide bonds. The molecule has 128 valence electrons. The van der Waals surface area contributed by atoms with E-state index in [1.165, 1.54) is 12.1 Å². The number of nitro groups is 1. The summed E-state index contributed by atoms with van der Waals surface area (Å²) in [5.41, 5.74) is 1.82. The first kappa shape index (κ1) is 16.9. The number of aliphatic hydroxyl groups is 1. The van der Waals surface area contributed by atoms with Crippen molar-refractivity contribution in [3.8, 4) is 0 Å². The summed E-state index contributed by atoms with van der Waals surface area (Å²) in [6.45, 7) is 0.445. The van der Waals surface area contributed by atoms with E-state index in [-0.39, 0.29) is 5.69 Å². The SMILES string of the molecule is CN(CC(O)Cc1ccccc1)c1ccc2cc([N+](=O)[O-])ccc2n1. The van der Waals surface area contributed by atoms with Crippen molar-refractivity contribution in [1.29, 1.82) is 0 Å². The van der Waals surface area contributed by atoms with E-state index in [2.05, 4.69) is 4.98 Å². The smallest absolute Gasteiger partial charge is 0.270 e. The molecule has 1 N–H and O–H groups in total. The summed E-state index contributed by atoms with van der Waals surface area (Å²) in [4.78, 5) is 16.8. The fourth-order valence-corrected chi connectivity index (χ4v) is 2.79. The first-order valence-electron chi connectivity index (χ1n) is 8.01. The Bertz CT molecular complexity index is 883. The average Bonchev–Trinajstić information content (AvgIpc) is 2.61. The zero-order valence-electron chi connectivity index (χ0n) is 13.9. The van der Waals surface area contributed by atoms with Crippen LogP contribution in [-0.2, 0) is 6.42 Å². The van der Waals surface area contributed by atoms with Crippen molar-refractivity contribution in [1.82, 2.24) is 4.98 Å². The number of hydrogen-bond acceptors (Lipinski definition) is 5. The highest BCUT2D eigenvalue weighted by Crippen LogP contribution is 2.22. The van der Waals surface area contributed by atoms with Crippen LogP contribution in [0.25, 0.3) is 10.9 Å². The molecule has 1 heterocycles. The van der Waals surface area contributed by atoms with Crippen molar-refractivity contribution in [3.05, 3.63) is 76.3 Å². The van der Waals surface area contributed by atoms with Gasteiger partial charge in [0.25, 0.3) is 5.69 Å². The Morgan fingerprint density at radius 1 is 1.16 bits per heavy atom. The number of aromatic nitrogens is 1. The lowest BCUT2D eigenvalue weighted by Gasteiger charge is -2.22. The molecule has 1 atom stereocenters. The number of aliphatic hydroxyl groups excluding tert-OH is 1. The van der Waals surface area contributed by atoms with Gasteiger partial charge in [0.1, 0.15) is 5.82 Å². The quantitative estimate of drug-likeness (QED) is 0.552. The fourth-order valence-electron chi connectivity index (χ4n) is 2.79. The van der Waals surface area contributed by atoms with E-state index in [1.807, 2.05) is 48.3 Å². The van der Waals surface area contributed by atoms with Crippen LogP contribution in [0.2, 0.25) is 0 Å². The number of nitro benzene ring substituents is 1. The van der Waals surface area contributed by atoms with Gasteiger partial charge >= 0.3 is 0 Å². The van der Waals surface area contributed by atoms with Gasteiger partial charge in [-0.2, -0.15) is 0 Å². The Morgan fingerprint density at radius 3 is 2.64 bits per heavy atom. The average molecular weight is 337 g/mol. The molecule has 0 fully saturated rings. The molecule has 0 aliphatic carbocycles. The van der Waals surface area contributed by atoms with Crippen molar-refractivity contribution >= 4 is 22.4 Å². The minimum Gasteiger partial charge on any atom is -0.391 e. The number of nitrogens with zero attached hydrogens (tertiary/aromatic N) is 3. The van der Waals surface area contributed by atoms with E-state index in [0.717, 1.165) is 10.9 Å². The number of anilines is 1. The second-order valence-corrected chi connectivity index (χ2v) is 6.03. The Balaban J connectivity index is 1.72. The highest BCUT2D eigenvalue weighted by Gasteiger charge is 2.12. The molecule has 25 heavy (non-hydrogen) atoms. The number of hydrogen-bond donors (Lipinski definition) is 1. The van der Waals surface area contributed by atoms with Crippen molar-refractivity contribution in [2.45, 2.75) is 12.5 Å². The van der Waals surface area contributed by atoms with Gasteiger partial charge in [0.15, 0.2) is 0 Å². The molecule has 0 spiro atoms. The van der Waals surface area contributed by atoms with E-state index in [4.69, 9.17) is 0 Å². The molecule has 6 nitrogen and oxygen atoms in total. The van der Waals surface area contributed by atoms with Crippen LogP contribution in [0.15, 0.2) is 60.7 Å². The molecule has 1 unspecified atom stereocenters. The van der Waals surface area contributed by atoms with Crippen molar-refractivity contribution < 1.29 is 10.0 Å². The summed E-state index contributed by atoms with van der Waals surface area (Å²) in [6.07, 6.45) is 0.0621. The molecule has 0 radical (unpaired) electrons. The summed E-state index contributed by atoms with van der Waals surface area (Å²) < 4.78 is 0. The molecule has 0 saturated carbocycles. The molecule has 2 aromatic carbocycles. The highest BCUT2D eigenvalue weighted by molar-refractivity contribution is 5.82. The highest BCUT2D eigenvalue weighted by atomic mass is 16.6. The van der Waals surface area contributed by atoms with Crippen LogP contribution in [0.4, 0.5) is 11.5 Å². The molecular weight excluding hydrogens is 318 g/mol. The monoisotopic (exact) mass is 337 g/mol. The molecular formula is C19H19N3O3. The number of rotatable bonds is 6. The maximum Gasteiger partial charge on any atom is 0.270 e. The molecule has 3 aromatic rings. The second kappa shape index (κ2) is 7.27. The lowest BCUT2D eigenvalue weighted by Crippen LogP contribution is -2.30. The van der Waals surface area contributed by atoms with Gasteiger partial charge in [-0.3, -0.25) is 10.1 Å². The van der Waals surface area contributed by atoms with E-state index >= 15 is 0 Å². The number of pyridine rings is 1. The Kier molecular flexibility index (Phi) is 4.90. The van der Waals surface area contributed by atoms with Gasteiger partial charge < -0.3 is 10.0 Å². The van der Waals surface area contributed by atoms with E-state index < -0.39 is 11.0 Å². The van der Waals surface area contributed by atoms with Crippen LogP contribution < -0.4 is 4.90 Å². The number of fused-ring (bicyclic) bond motifs is 1. The summed E-state index contributed by atoms with van der Waals surface area (Å²) in [7, 11) is 1.87. The molecule has 0 saturated heterocycles. The molecule has 3 rings (SSSR count). The summed E-state index contributed by atoms with van der Waals surface area (Å²) in [5, 5.41) is 21.9. The maximum absolute atomic E-state index is 10.8. The standard InChI is InChI=1S/C19H19N3O3/c1-21(13-17(23)11-14-5-3-2-4-6-14)19-10-7-15-12-16(22(24)25)8-9-18(15)20-19/h2-10,12,17,23H,11,13H2,1H3. The van der Waals surface area contributed by atoms with Crippen molar-refractivity contribution in [2.24, 2.45) is 0 Å². The van der Waals surface area contributed by atoms with E-state index in [9.17, 15) is 15.2 Å². The fraction of sp³-hybridized carbons (Fsp3) is 0.211. The van der Waals surface area contributed by atoms with Crippen molar-refractivity contribution in [3.63, 3.8) is 0 Å². The number of likely N-dealkylation sites (N-methyl/N-ethyl adjacent to an activating group) is 1. The van der Waals surface area contributed by atoms with Gasteiger partial charge in [0, 0.05) is 37.5 Å². The molecule has 6 heteroatoms. The lowest BCUT2D eigenvalue weighted by atomic mass is 10.1. The molecule has 1 aromatic heterocycles. The first-order chi connectivity index (χ1) is 12.0. The maximum atomic E-state index is 10.8. The summed E-state index contributed by atoms with van der Waals surface area (Å²) in [6, 6.07) is 18.1. The van der Waals surface area contributed by atoms with Gasteiger partial charge in [0.05, 0.1) is 16.5 Å². The summed E-state index contributed by atoms with van der Waals surface area (Å²) in [5.74, 6) is 0.716. The number of benzene rings is 2. The van der Waals surface area contributed by atoms with Crippen LogP contribution in [0.1, 0.15) is 5.56 Å². The third kappa shape index (κ3) is 4.10. The largest absolute Gasteiger partial charge is 0.391 e. The minimum atomic E-state index is -0.512.